The summed E-state index contributed by atoms with van der Waals surface area (Å²) in [6.07, 6.45) is 0.968. The van der Waals surface area contributed by atoms with Crippen molar-refractivity contribution >= 4 is 11.1 Å². The highest BCUT2D eigenvalue weighted by atomic mass is 16.3. The third-order valence-electron chi connectivity index (χ3n) is 3.19. The fraction of sp³-hybridized carbons (Fsp3) is 0.500. The van der Waals surface area contributed by atoms with Gasteiger partial charge in [-0.1, -0.05) is 6.07 Å². The van der Waals surface area contributed by atoms with E-state index in [-0.39, 0.29) is 6.04 Å². The molecule has 5 nitrogen and oxygen atoms in total. The van der Waals surface area contributed by atoms with Gasteiger partial charge in [-0.05, 0) is 31.2 Å². The second-order valence-corrected chi connectivity index (χ2v) is 5.04. The predicted octanol–water partition coefficient (Wildman–Crippen LogP) is 0.897. The second kappa shape index (κ2) is 6.14. The monoisotopic (exact) mass is 262 g/mol. The molecule has 0 bridgehead atoms. The lowest BCUT2D eigenvalue weighted by Gasteiger charge is -2.20. The highest BCUT2D eigenvalue weighted by Crippen LogP contribution is 2.17. The van der Waals surface area contributed by atoms with Crippen molar-refractivity contribution in [2.45, 2.75) is 19.4 Å². The Hall–Kier alpha value is -1.43. The van der Waals surface area contributed by atoms with Gasteiger partial charge < -0.3 is 20.8 Å². The zero-order chi connectivity index (χ0) is 13.8. The van der Waals surface area contributed by atoms with Crippen LogP contribution in [0, 0.1) is 6.92 Å². The van der Waals surface area contributed by atoms with Crippen molar-refractivity contribution < 1.29 is 4.42 Å². The van der Waals surface area contributed by atoms with E-state index < -0.39 is 0 Å². The molecule has 1 aromatic carbocycles. The van der Waals surface area contributed by atoms with Crippen LogP contribution in [0.4, 0.5) is 0 Å². The number of benzene rings is 1. The molecule has 4 N–H and O–H groups in total. The van der Waals surface area contributed by atoms with E-state index >= 15 is 0 Å². The summed E-state index contributed by atoms with van der Waals surface area (Å²) in [5, 5.41) is 0. The van der Waals surface area contributed by atoms with Crippen molar-refractivity contribution in [2.75, 3.05) is 26.7 Å². The van der Waals surface area contributed by atoms with Crippen molar-refractivity contribution in [3.63, 3.8) is 0 Å². The number of oxazole rings is 1. The first-order valence-corrected chi connectivity index (χ1v) is 6.58. The van der Waals surface area contributed by atoms with Gasteiger partial charge in [0.2, 0.25) is 0 Å². The maximum absolute atomic E-state index is 5.83. The number of aromatic nitrogens is 1. The lowest BCUT2D eigenvalue weighted by Crippen LogP contribution is -2.41. The summed E-state index contributed by atoms with van der Waals surface area (Å²) in [4.78, 5) is 6.55. The molecule has 0 aliphatic heterocycles. The molecular weight excluding hydrogens is 240 g/mol. The van der Waals surface area contributed by atoms with E-state index in [2.05, 4.69) is 29.1 Å². The molecule has 0 amide bonds. The first-order chi connectivity index (χ1) is 9.08. The van der Waals surface area contributed by atoms with E-state index in [0.717, 1.165) is 30.6 Å². The highest BCUT2D eigenvalue weighted by molar-refractivity contribution is 5.73. The molecule has 19 heavy (non-hydrogen) atoms. The zero-order valence-corrected chi connectivity index (χ0v) is 11.6. The lowest BCUT2D eigenvalue weighted by atomic mass is 10.1. The van der Waals surface area contributed by atoms with Crippen molar-refractivity contribution in [3.05, 3.63) is 29.7 Å². The largest absolute Gasteiger partial charge is 0.441 e. The molecule has 1 heterocycles. The summed E-state index contributed by atoms with van der Waals surface area (Å²) in [6.45, 7) is 4.16. The van der Waals surface area contributed by atoms with E-state index in [4.69, 9.17) is 15.9 Å². The van der Waals surface area contributed by atoms with Crippen molar-refractivity contribution in [3.8, 4) is 0 Å². The van der Waals surface area contributed by atoms with Gasteiger partial charge >= 0.3 is 0 Å². The highest BCUT2D eigenvalue weighted by Gasteiger charge is 2.07. The summed E-state index contributed by atoms with van der Waals surface area (Å²) < 4.78 is 5.46. The molecule has 2 rings (SSSR count). The Morgan fingerprint density at radius 3 is 2.95 bits per heavy atom. The number of hydrogen-bond donors (Lipinski definition) is 2. The standard InChI is InChI=1S/C14H22N4O/c1-10-17-13-7-11(3-4-14(13)19-10)5-6-18(2)9-12(16)8-15/h3-4,7,12H,5-6,8-9,15-16H2,1-2H3. The lowest BCUT2D eigenvalue weighted by molar-refractivity contribution is 0.316. The number of nitrogens with two attached hydrogens (primary N) is 2. The number of rotatable bonds is 6. The Balaban J connectivity index is 1.94. The third-order valence-corrected chi connectivity index (χ3v) is 3.19. The van der Waals surface area contributed by atoms with Crippen LogP contribution in [0.15, 0.2) is 22.6 Å². The minimum absolute atomic E-state index is 0.0469. The van der Waals surface area contributed by atoms with Crippen LogP contribution in [0.5, 0.6) is 0 Å². The van der Waals surface area contributed by atoms with Gasteiger partial charge in [0, 0.05) is 32.6 Å². The Morgan fingerprint density at radius 2 is 2.21 bits per heavy atom. The van der Waals surface area contributed by atoms with Crippen LogP contribution >= 0.6 is 0 Å². The van der Waals surface area contributed by atoms with Gasteiger partial charge in [-0.3, -0.25) is 0 Å². The average molecular weight is 262 g/mol. The fourth-order valence-electron chi connectivity index (χ4n) is 2.13. The van der Waals surface area contributed by atoms with E-state index in [1.54, 1.807) is 0 Å². The first kappa shape index (κ1) is 14.0. The van der Waals surface area contributed by atoms with Gasteiger partial charge in [0.25, 0.3) is 0 Å². The second-order valence-electron chi connectivity index (χ2n) is 5.04. The maximum atomic E-state index is 5.83. The molecule has 0 aliphatic carbocycles. The van der Waals surface area contributed by atoms with Crippen molar-refractivity contribution in [1.82, 2.24) is 9.88 Å². The molecule has 0 saturated heterocycles. The molecule has 1 atom stereocenters. The van der Waals surface area contributed by atoms with Crippen LogP contribution in [0.25, 0.3) is 11.1 Å². The summed E-state index contributed by atoms with van der Waals surface area (Å²) in [7, 11) is 2.06. The fourth-order valence-corrected chi connectivity index (χ4v) is 2.13. The SMILES string of the molecule is Cc1nc2cc(CCN(C)CC(N)CN)ccc2o1. The normalized spacial score (nSPS) is 13.3. The van der Waals surface area contributed by atoms with Crippen LogP contribution in [0.1, 0.15) is 11.5 Å². The van der Waals surface area contributed by atoms with Gasteiger partial charge in [0.15, 0.2) is 11.5 Å². The maximum Gasteiger partial charge on any atom is 0.192 e. The molecular formula is C14H22N4O. The minimum Gasteiger partial charge on any atom is -0.441 e. The zero-order valence-electron chi connectivity index (χ0n) is 11.6. The molecule has 0 fully saturated rings. The number of aryl methyl sites for hydroxylation is 1. The van der Waals surface area contributed by atoms with Gasteiger partial charge in [-0.25, -0.2) is 4.98 Å². The predicted molar refractivity (Wildman–Crippen MR) is 77.0 cm³/mol. The van der Waals surface area contributed by atoms with E-state index in [0.29, 0.717) is 12.4 Å². The summed E-state index contributed by atoms with van der Waals surface area (Å²) in [5.74, 6) is 0.707. The topological polar surface area (TPSA) is 81.3 Å². The summed E-state index contributed by atoms with van der Waals surface area (Å²) >= 11 is 0. The molecule has 104 valence electrons. The van der Waals surface area contributed by atoms with Crippen LogP contribution in [-0.2, 0) is 6.42 Å². The van der Waals surface area contributed by atoms with Crippen LogP contribution in [-0.4, -0.2) is 42.6 Å². The quantitative estimate of drug-likeness (QED) is 0.808. The average Bonchev–Trinajstić information content (AvgIpc) is 2.75. The number of hydrogen-bond acceptors (Lipinski definition) is 5. The molecule has 0 aliphatic rings. The Bertz CT molecular complexity index is 537. The molecule has 5 heteroatoms. The Kier molecular flexibility index (Phi) is 4.52. The molecule has 2 aromatic rings. The van der Waals surface area contributed by atoms with E-state index in [1.165, 1.54) is 5.56 Å². The first-order valence-electron chi connectivity index (χ1n) is 6.58. The molecule has 1 unspecified atom stereocenters. The van der Waals surface area contributed by atoms with Crippen LogP contribution < -0.4 is 11.5 Å². The van der Waals surface area contributed by atoms with Gasteiger partial charge in [-0.2, -0.15) is 0 Å². The molecule has 1 aromatic heterocycles. The molecule has 0 saturated carbocycles. The van der Waals surface area contributed by atoms with Crippen LogP contribution in [0.3, 0.4) is 0 Å². The van der Waals surface area contributed by atoms with Crippen molar-refractivity contribution in [1.29, 1.82) is 0 Å². The number of fused-ring (bicyclic) bond motifs is 1. The Morgan fingerprint density at radius 1 is 1.42 bits per heavy atom. The molecule has 0 spiro atoms. The smallest absolute Gasteiger partial charge is 0.192 e. The molecule has 0 radical (unpaired) electrons. The number of likely N-dealkylation sites (N-methyl/N-ethyl adjacent to an activating group) is 1. The minimum atomic E-state index is 0.0469. The summed E-state index contributed by atoms with van der Waals surface area (Å²) in [6, 6.07) is 6.20. The van der Waals surface area contributed by atoms with Gasteiger partial charge in [-0.15, -0.1) is 0 Å². The van der Waals surface area contributed by atoms with E-state index in [1.807, 2.05) is 13.0 Å². The summed E-state index contributed by atoms with van der Waals surface area (Å²) in [5.41, 5.74) is 14.4. The van der Waals surface area contributed by atoms with Crippen LogP contribution in [0.2, 0.25) is 0 Å². The van der Waals surface area contributed by atoms with Gasteiger partial charge in [0.05, 0.1) is 0 Å². The van der Waals surface area contributed by atoms with Crippen molar-refractivity contribution in [2.24, 2.45) is 11.5 Å². The third kappa shape index (κ3) is 3.76. The Labute approximate surface area is 113 Å². The van der Waals surface area contributed by atoms with Gasteiger partial charge in [0.1, 0.15) is 5.52 Å². The van der Waals surface area contributed by atoms with E-state index in [9.17, 15) is 0 Å². The number of nitrogens with zero attached hydrogens (tertiary/aromatic N) is 2.